The van der Waals surface area contributed by atoms with Crippen LogP contribution in [-0.4, -0.2) is 65.9 Å². The molecule has 0 aromatic heterocycles. The van der Waals surface area contributed by atoms with Gasteiger partial charge in [-0.25, -0.2) is 13.2 Å². The van der Waals surface area contributed by atoms with Crippen molar-refractivity contribution >= 4 is 23.4 Å². The average molecular weight is 537 g/mol. The second-order valence-electron chi connectivity index (χ2n) is 9.72. The van der Waals surface area contributed by atoms with Crippen LogP contribution in [0.5, 0.6) is 0 Å². The lowest BCUT2D eigenvalue weighted by Crippen LogP contribution is -2.57. The van der Waals surface area contributed by atoms with Crippen LogP contribution in [0.2, 0.25) is 0 Å². The molecule has 1 N–H and O–H groups in total. The zero-order chi connectivity index (χ0) is 27.6. The molecule has 2 fully saturated rings. The maximum atomic E-state index is 13.9. The minimum Gasteiger partial charge on any atom is -0.339 e. The first-order valence-corrected chi connectivity index (χ1v) is 12.7. The van der Waals surface area contributed by atoms with Crippen LogP contribution >= 0.6 is 0 Å². The van der Waals surface area contributed by atoms with Crippen LogP contribution < -0.4 is 10.2 Å². The molecule has 3 amide bonds. The Balaban J connectivity index is 1.30. The van der Waals surface area contributed by atoms with Gasteiger partial charge in [0, 0.05) is 43.0 Å². The quantitative estimate of drug-likeness (QED) is 0.485. The first kappa shape index (κ1) is 26.4. The third kappa shape index (κ3) is 5.37. The van der Waals surface area contributed by atoms with E-state index in [1.54, 1.807) is 12.1 Å². The second kappa shape index (κ2) is 10.9. The van der Waals surface area contributed by atoms with Gasteiger partial charge in [0.2, 0.25) is 5.91 Å². The minimum absolute atomic E-state index is 0.0409. The maximum Gasteiger partial charge on any atom is 0.260 e. The highest BCUT2D eigenvalue weighted by atomic mass is 19.1. The lowest BCUT2D eigenvalue weighted by Gasteiger charge is -2.43. The van der Waals surface area contributed by atoms with Crippen molar-refractivity contribution in [2.24, 2.45) is 0 Å². The number of hydrogen-bond donors (Lipinski definition) is 1. The lowest BCUT2D eigenvalue weighted by molar-refractivity contribution is -0.125. The predicted octanol–water partition coefficient (Wildman–Crippen LogP) is 3.82. The molecule has 3 aromatic rings. The van der Waals surface area contributed by atoms with E-state index >= 15 is 0 Å². The number of nitrogens with one attached hydrogen (secondary N) is 1. The van der Waals surface area contributed by atoms with Crippen LogP contribution in [0.4, 0.5) is 18.9 Å². The van der Waals surface area contributed by atoms with Gasteiger partial charge in [-0.05, 0) is 79.6 Å². The van der Waals surface area contributed by atoms with Crippen LogP contribution in [0.15, 0.2) is 72.8 Å². The van der Waals surface area contributed by atoms with Crippen molar-refractivity contribution in [3.05, 3.63) is 101 Å². The molecular formula is C29H27F3N4O3. The summed E-state index contributed by atoms with van der Waals surface area (Å²) in [6.07, 6.45) is 0.959. The number of nitrogens with zero attached hydrogens (tertiary/aromatic N) is 3. The van der Waals surface area contributed by atoms with Crippen LogP contribution in [0.1, 0.15) is 33.6 Å². The van der Waals surface area contributed by atoms with Gasteiger partial charge in [0.1, 0.15) is 23.0 Å². The van der Waals surface area contributed by atoms with Crippen molar-refractivity contribution in [3.8, 4) is 0 Å². The number of carbonyl (C=O) groups excluding carboxylic acids is 3. The van der Waals surface area contributed by atoms with E-state index < -0.39 is 29.0 Å². The number of carbonyl (C=O) groups is 3. The zero-order valence-corrected chi connectivity index (χ0v) is 21.1. The molecule has 202 valence electrons. The van der Waals surface area contributed by atoms with Crippen molar-refractivity contribution in [3.63, 3.8) is 0 Å². The highest BCUT2D eigenvalue weighted by Gasteiger charge is 2.50. The number of rotatable bonds is 6. The number of likely N-dealkylation sites (tertiary alicyclic amines) is 1. The highest BCUT2D eigenvalue weighted by molar-refractivity contribution is 6.10. The third-order valence-electron chi connectivity index (χ3n) is 7.45. The minimum atomic E-state index is -0.808. The molecule has 0 saturated carbocycles. The van der Waals surface area contributed by atoms with Gasteiger partial charge in [-0.2, -0.15) is 0 Å². The van der Waals surface area contributed by atoms with Crippen molar-refractivity contribution in [2.75, 3.05) is 37.7 Å². The molecule has 1 spiro atoms. The molecule has 0 bridgehead atoms. The molecule has 2 aliphatic rings. The first-order chi connectivity index (χ1) is 18.8. The van der Waals surface area contributed by atoms with Gasteiger partial charge in [-0.1, -0.05) is 6.07 Å². The van der Waals surface area contributed by atoms with Gasteiger partial charge < -0.3 is 15.1 Å². The number of piperidine rings is 1. The number of anilines is 1. The summed E-state index contributed by atoms with van der Waals surface area (Å²) in [5.41, 5.74) is 0.121. The first-order valence-electron chi connectivity index (χ1n) is 12.7. The molecule has 10 heteroatoms. The van der Waals surface area contributed by atoms with E-state index in [1.807, 2.05) is 4.90 Å². The molecule has 0 aliphatic carbocycles. The number of halogens is 3. The largest absolute Gasteiger partial charge is 0.339 e. The summed E-state index contributed by atoms with van der Waals surface area (Å²) in [6, 6.07) is 16.0. The summed E-state index contributed by atoms with van der Waals surface area (Å²) in [5.74, 6) is -2.68. The van der Waals surface area contributed by atoms with Gasteiger partial charge in [0.05, 0.1) is 6.67 Å². The summed E-state index contributed by atoms with van der Waals surface area (Å²) in [6.45, 7) is 1.70. The Bertz CT molecular complexity index is 1320. The van der Waals surface area contributed by atoms with Crippen LogP contribution in [0.25, 0.3) is 0 Å². The fourth-order valence-electron chi connectivity index (χ4n) is 5.25. The Morgan fingerprint density at radius 1 is 0.821 bits per heavy atom. The van der Waals surface area contributed by atoms with Crippen LogP contribution in [0.3, 0.4) is 0 Å². The molecule has 7 nitrogen and oxygen atoms in total. The predicted molar refractivity (Wildman–Crippen MR) is 138 cm³/mol. The Kier molecular flexibility index (Phi) is 7.38. The lowest BCUT2D eigenvalue weighted by atomic mass is 9.85. The normalized spacial score (nSPS) is 16.8. The summed E-state index contributed by atoms with van der Waals surface area (Å²) in [4.78, 5) is 44.5. The molecule has 0 atom stereocenters. The van der Waals surface area contributed by atoms with E-state index in [9.17, 15) is 27.6 Å². The van der Waals surface area contributed by atoms with E-state index in [0.29, 0.717) is 38.2 Å². The fraction of sp³-hybridized carbons (Fsp3) is 0.276. The number of hydrogen-bond acceptors (Lipinski definition) is 5. The standard InChI is InChI=1S/C29H27F3N4O3/c30-22-8-4-20(5-9-22)26(37)35(27(38)21-6-10-23(31)11-7-21)17-16-34-14-12-29(13-15-34)28(39)33-19-36(29)25-3-1-2-24(32)18-25/h1-11,18H,12-17,19H2,(H,33,39). The molecule has 2 heterocycles. The summed E-state index contributed by atoms with van der Waals surface area (Å²) in [5, 5.41) is 2.88. The van der Waals surface area contributed by atoms with Gasteiger partial charge in [-0.3, -0.25) is 19.3 Å². The smallest absolute Gasteiger partial charge is 0.260 e. The zero-order valence-electron chi connectivity index (χ0n) is 21.1. The molecular weight excluding hydrogens is 509 g/mol. The monoisotopic (exact) mass is 536 g/mol. The molecule has 39 heavy (non-hydrogen) atoms. The molecule has 5 rings (SSSR count). The fourth-order valence-corrected chi connectivity index (χ4v) is 5.25. The molecule has 2 aliphatic heterocycles. The maximum absolute atomic E-state index is 13.9. The van der Waals surface area contributed by atoms with Gasteiger partial charge in [0.15, 0.2) is 0 Å². The van der Waals surface area contributed by atoms with Crippen LogP contribution in [-0.2, 0) is 4.79 Å². The van der Waals surface area contributed by atoms with Crippen molar-refractivity contribution in [2.45, 2.75) is 18.4 Å². The average Bonchev–Trinajstić information content (AvgIpc) is 3.25. The third-order valence-corrected chi connectivity index (χ3v) is 7.45. The van der Waals surface area contributed by atoms with E-state index in [2.05, 4.69) is 10.2 Å². The van der Waals surface area contributed by atoms with Gasteiger partial charge in [0.25, 0.3) is 11.8 Å². The molecule has 0 unspecified atom stereocenters. The molecule has 2 saturated heterocycles. The van der Waals surface area contributed by atoms with E-state index in [-0.39, 0.29) is 36.1 Å². The van der Waals surface area contributed by atoms with E-state index in [1.165, 1.54) is 36.4 Å². The number of amides is 3. The molecule has 3 aromatic carbocycles. The van der Waals surface area contributed by atoms with E-state index in [0.717, 1.165) is 29.2 Å². The Hall–Kier alpha value is -4.18. The number of imide groups is 1. The highest BCUT2D eigenvalue weighted by Crippen LogP contribution is 2.36. The topological polar surface area (TPSA) is 73.0 Å². The summed E-state index contributed by atoms with van der Waals surface area (Å²) < 4.78 is 40.7. The second-order valence-corrected chi connectivity index (χ2v) is 9.72. The SMILES string of the molecule is O=C(c1ccc(F)cc1)N(CCN1CCC2(CC1)C(=O)NCN2c1cccc(F)c1)C(=O)c1ccc(F)cc1. The van der Waals surface area contributed by atoms with Crippen molar-refractivity contribution < 1.29 is 27.6 Å². The van der Waals surface area contributed by atoms with Gasteiger partial charge >= 0.3 is 0 Å². The van der Waals surface area contributed by atoms with Crippen molar-refractivity contribution in [1.29, 1.82) is 0 Å². The number of benzene rings is 3. The summed E-state index contributed by atoms with van der Waals surface area (Å²) >= 11 is 0. The Morgan fingerprint density at radius 2 is 1.38 bits per heavy atom. The summed E-state index contributed by atoms with van der Waals surface area (Å²) in [7, 11) is 0. The Labute approximate surface area is 223 Å². The van der Waals surface area contributed by atoms with Crippen molar-refractivity contribution in [1.82, 2.24) is 15.1 Å². The Morgan fingerprint density at radius 3 is 1.92 bits per heavy atom. The van der Waals surface area contributed by atoms with E-state index in [4.69, 9.17) is 0 Å². The molecule has 0 radical (unpaired) electrons. The van der Waals surface area contributed by atoms with Gasteiger partial charge in [-0.15, -0.1) is 0 Å². The van der Waals surface area contributed by atoms with Crippen LogP contribution in [0, 0.1) is 17.5 Å².